The van der Waals surface area contributed by atoms with Gasteiger partial charge in [0.25, 0.3) is 5.91 Å². The molecule has 0 bridgehead atoms. The van der Waals surface area contributed by atoms with Gasteiger partial charge in [-0.2, -0.15) is 0 Å². The van der Waals surface area contributed by atoms with E-state index in [1.807, 2.05) is 6.92 Å². The third-order valence-electron chi connectivity index (χ3n) is 3.69. The third kappa shape index (κ3) is 2.94. The van der Waals surface area contributed by atoms with Crippen LogP contribution >= 0.6 is 0 Å². The van der Waals surface area contributed by atoms with E-state index in [0.717, 1.165) is 6.42 Å². The number of rotatable bonds is 6. The lowest BCUT2D eigenvalue weighted by atomic mass is 9.76. The van der Waals surface area contributed by atoms with Crippen LogP contribution < -0.4 is 14.8 Å². The molecular weight excluding hydrogens is 274 g/mol. The fraction of sp³-hybridized carbons (Fsp3) is 0.467. The lowest BCUT2D eigenvalue weighted by molar-refractivity contribution is -0.148. The van der Waals surface area contributed by atoms with Crippen LogP contribution in [0.5, 0.6) is 11.5 Å². The molecule has 114 valence electrons. The number of hydrogen-bond acceptors (Lipinski definition) is 4. The predicted octanol–water partition coefficient (Wildman–Crippen LogP) is 1.83. The molecule has 6 nitrogen and oxygen atoms in total. The predicted molar refractivity (Wildman–Crippen MR) is 75.8 cm³/mol. The summed E-state index contributed by atoms with van der Waals surface area (Å²) in [6, 6.07) is 4.79. The van der Waals surface area contributed by atoms with Crippen molar-refractivity contribution in [2.75, 3.05) is 13.7 Å². The molecule has 1 aromatic rings. The molecule has 0 heterocycles. The lowest BCUT2D eigenvalue weighted by Crippen LogP contribution is -2.59. The van der Waals surface area contributed by atoms with Crippen LogP contribution in [0, 0.1) is 0 Å². The molecule has 21 heavy (non-hydrogen) atoms. The number of carbonyl (C=O) groups excluding carboxylic acids is 1. The zero-order valence-electron chi connectivity index (χ0n) is 12.1. The van der Waals surface area contributed by atoms with Crippen molar-refractivity contribution >= 4 is 11.9 Å². The first-order valence-electron chi connectivity index (χ1n) is 6.89. The van der Waals surface area contributed by atoms with Crippen LogP contribution in [0.1, 0.15) is 36.5 Å². The summed E-state index contributed by atoms with van der Waals surface area (Å²) < 4.78 is 10.6. The molecule has 2 N–H and O–H groups in total. The molecule has 1 saturated carbocycles. The maximum absolute atomic E-state index is 12.2. The number of carboxylic acid groups (broad SMARTS) is 1. The summed E-state index contributed by atoms with van der Waals surface area (Å²) in [6.45, 7) is 2.34. The number of amides is 1. The summed E-state index contributed by atoms with van der Waals surface area (Å²) in [5, 5.41) is 11.8. The molecule has 1 fully saturated rings. The normalized spacial score (nSPS) is 15.7. The van der Waals surface area contributed by atoms with Gasteiger partial charge < -0.3 is 19.9 Å². The van der Waals surface area contributed by atoms with E-state index < -0.39 is 17.4 Å². The lowest BCUT2D eigenvalue weighted by Gasteiger charge is -2.38. The van der Waals surface area contributed by atoms with E-state index in [0.29, 0.717) is 36.5 Å². The third-order valence-corrected chi connectivity index (χ3v) is 3.69. The van der Waals surface area contributed by atoms with Crippen molar-refractivity contribution in [3.8, 4) is 11.5 Å². The van der Waals surface area contributed by atoms with Crippen molar-refractivity contribution in [2.45, 2.75) is 31.7 Å². The largest absolute Gasteiger partial charge is 0.493 e. The summed E-state index contributed by atoms with van der Waals surface area (Å²) in [5.74, 6) is -0.408. The highest BCUT2D eigenvalue weighted by molar-refractivity contribution is 5.98. The molecule has 1 aliphatic carbocycles. The Morgan fingerprint density at radius 1 is 1.33 bits per heavy atom. The van der Waals surface area contributed by atoms with E-state index in [-0.39, 0.29) is 0 Å². The molecule has 0 atom stereocenters. The van der Waals surface area contributed by atoms with Crippen LogP contribution in [0.15, 0.2) is 18.2 Å². The highest BCUT2D eigenvalue weighted by Crippen LogP contribution is 2.33. The van der Waals surface area contributed by atoms with Crippen LogP contribution in [-0.4, -0.2) is 36.2 Å². The fourth-order valence-corrected chi connectivity index (χ4v) is 2.30. The van der Waals surface area contributed by atoms with Gasteiger partial charge in [-0.25, -0.2) is 4.79 Å². The SMILES string of the molecule is CCOc1ccc(C(=O)NC2(C(=O)O)CCC2)cc1OC. The van der Waals surface area contributed by atoms with E-state index in [1.54, 1.807) is 18.2 Å². The summed E-state index contributed by atoms with van der Waals surface area (Å²) in [7, 11) is 1.49. The van der Waals surface area contributed by atoms with E-state index in [2.05, 4.69) is 5.32 Å². The van der Waals surface area contributed by atoms with E-state index in [9.17, 15) is 14.7 Å². The minimum Gasteiger partial charge on any atom is -0.493 e. The zero-order chi connectivity index (χ0) is 15.5. The Hall–Kier alpha value is -2.24. The van der Waals surface area contributed by atoms with Gasteiger partial charge in [0, 0.05) is 5.56 Å². The number of hydrogen-bond donors (Lipinski definition) is 2. The second-order valence-corrected chi connectivity index (χ2v) is 4.99. The molecule has 0 aromatic heterocycles. The average molecular weight is 293 g/mol. The van der Waals surface area contributed by atoms with Crippen molar-refractivity contribution in [2.24, 2.45) is 0 Å². The van der Waals surface area contributed by atoms with E-state index in [1.165, 1.54) is 7.11 Å². The van der Waals surface area contributed by atoms with Gasteiger partial charge in [0.15, 0.2) is 11.5 Å². The Kier molecular flexibility index (Phi) is 4.35. The standard InChI is InChI=1S/C15H19NO5/c1-3-21-11-6-5-10(9-12(11)20-2)13(17)16-15(14(18)19)7-4-8-15/h5-6,9H,3-4,7-8H2,1-2H3,(H,16,17)(H,18,19). The Balaban J connectivity index is 2.18. The van der Waals surface area contributed by atoms with Crippen LogP contribution in [0.25, 0.3) is 0 Å². The maximum atomic E-state index is 12.2. The van der Waals surface area contributed by atoms with Gasteiger partial charge in [-0.3, -0.25) is 4.79 Å². The molecule has 0 unspecified atom stereocenters. The van der Waals surface area contributed by atoms with Gasteiger partial charge in [0.05, 0.1) is 13.7 Å². The first kappa shape index (κ1) is 15.2. The van der Waals surface area contributed by atoms with Crippen LogP contribution in [0.2, 0.25) is 0 Å². The summed E-state index contributed by atoms with van der Waals surface area (Å²) in [6.07, 6.45) is 1.73. The first-order valence-corrected chi connectivity index (χ1v) is 6.89. The van der Waals surface area contributed by atoms with Gasteiger partial charge in [0.2, 0.25) is 0 Å². The topological polar surface area (TPSA) is 84.9 Å². The number of nitrogens with one attached hydrogen (secondary N) is 1. The number of carbonyl (C=O) groups is 2. The van der Waals surface area contributed by atoms with Crippen molar-refractivity contribution < 1.29 is 24.2 Å². The number of ether oxygens (including phenoxy) is 2. The summed E-state index contributed by atoms with van der Waals surface area (Å²) >= 11 is 0. The molecule has 1 aliphatic rings. The van der Waals surface area contributed by atoms with Gasteiger partial charge in [0.1, 0.15) is 5.54 Å². The van der Waals surface area contributed by atoms with Crippen LogP contribution in [-0.2, 0) is 4.79 Å². The van der Waals surface area contributed by atoms with Gasteiger partial charge in [-0.05, 0) is 44.4 Å². The second-order valence-electron chi connectivity index (χ2n) is 4.99. The van der Waals surface area contributed by atoms with Gasteiger partial charge >= 0.3 is 5.97 Å². The van der Waals surface area contributed by atoms with Crippen molar-refractivity contribution in [1.82, 2.24) is 5.32 Å². The van der Waals surface area contributed by atoms with E-state index >= 15 is 0 Å². The second kappa shape index (κ2) is 6.03. The minimum atomic E-state index is -1.12. The minimum absolute atomic E-state index is 0.350. The number of aliphatic carboxylic acids is 1. The summed E-state index contributed by atoms with van der Waals surface area (Å²) in [5.41, 5.74) is -0.772. The molecule has 0 radical (unpaired) electrons. The zero-order valence-corrected chi connectivity index (χ0v) is 12.1. The number of benzene rings is 1. The molecular formula is C15H19NO5. The molecule has 6 heteroatoms. The fourth-order valence-electron chi connectivity index (χ4n) is 2.30. The quantitative estimate of drug-likeness (QED) is 0.836. The molecule has 0 saturated heterocycles. The Bertz CT molecular complexity index is 551. The summed E-state index contributed by atoms with van der Waals surface area (Å²) in [4.78, 5) is 23.5. The molecule has 0 spiro atoms. The monoisotopic (exact) mass is 293 g/mol. The number of methoxy groups -OCH3 is 1. The highest BCUT2D eigenvalue weighted by atomic mass is 16.5. The maximum Gasteiger partial charge on any atom is 0.329 e. The Labute approximate surface area is 123 Å². The first-order chi connectivity index (χ1) is 10.0. The van der Waals surface area contributed by atoms with E-state index in [4.69, 9.17) is 9.47 Å². The van der Waals surface area contributed by atoms with Gasteiger partial charge in [-0.15, -0.1) is 0 Å². The molecule has 1 amide bonds. The Morgan fingerprint density at radius 3 is 2.52 bits per heavy atom. The number of carboxylic acids is 1. The van der Waals surface area contributed by atoms with Crippen LogP contribution in [0.3, 0.4) is 0 Å². The van der Waals surface area contributed by atoms with Crippen molar-refractivity contribution in [1.29, 1.82) is 0 Å². The highest BCUT2D eigenvalue weighted by Gasteiger charge is 2.45. The molecule has 0 aliphatic heterocycles. The average Bonchev–Trinajstić information content (AvgIpc) is 2.42. The van der Waals surface area contributed by atoms with Crippen LogP contribution in [0.4, 0.5) is 0 Å². The molecule has 1 aromatic carbocycles. The van der Waals surface area contributed by atoms with Gasteiger partial charge in [-0.1, -0.05) is 0 Å². The Morgan fingerprint density at radius 2 is 2.05 bits per heavy atom. The van der Waals surface area contributed by atoms with Crippen molar-refractivity contribution in [3.05, 3.63) is 23.8 Å². The molecule has 2 rings (SSSR count). The van der Waals surface area contributed by atoms with Crippen molar-refractivity contribution in [3.63, 3.8) is 0 Å². The smallest absolute Gasteiger partial charge is 0.329 e.